The Hall–Kier alpha value is -3.00. The summed E-state index contributed by atoms with van der Waals surface area (Å²) in [5.74, 6) is 2.07. The molecular weight excluding hydrogens is 411 g/mol. The second kappa shape index (κ2) is 11.6. The van der Waals surface area contributed by atoms with Gasteiger partial charge in [-0.25, -0.2) is 4.39 Å². The molecule has 0 saturated carbocycles. The van der Waals surface area contributed by atoms with Crippen molar-refractivity contribution in [3.05, 3.63) is 53.3 Å². The molecule has 0 spiro atoms. The number of hydrogen-bond donors (Lipinski definition) is 2. The van der Waals surface area contributed by atoms with Crippen molar-refractivity contribution < 1.29 is 18.6 Å². The van der Waals surface area contributed by atoms with Gasteiger partial charge in [-0.2, -0.15) is 0 Å². The fourth-order valence-electron chi connectivity index (χ4n) is 3.83. The van der Waals surface area contributed by atoms with Crippen LogP contribution in [-0.4, -0.2) is 53.5 Å². The molecule has 1 aliphatic rings. The second-order valence-corrected chi connectivity index (χ2v) is 7.76. The van der Waals surface area contributed by atoms with Gasteiger partial charge in [-0.15, -0.1) is 0 Å². The van der Waals surface area contributed by atoms with E-state index in [-0.39, 0.29) is 12.4 Å². The maximum atomic E-state index is 13.8. The Balaban J connectivity index is 1.52. The van der Waals surface area contributed by atoms with Crippen LogP contribution in [0.3, 0.4) is 0 Å². The van der Waals surface area contributed by atoms with E-state index < -0.39 is 0 Å². The Labute approximate surface area is 189 Å². The number of halogens is 1. The number of aliphatic imine (C=N–C) groups is 1. The molecule has 0 aromatic heterocycles. The topological polar surface area (TPSA) is 67.4 Å². The van der Waals surface area contributed by atoms with E-state index in [2.05, 4.69) is 20.5 Å². The van der Waals surface area contributed by atoms with E-state index in [9.17, 15) is 4.39 Å². The minimum atomic E-state index is -0.251. The molecule has 7 nitrogen and oxygen atoms in total. The monoisotopic (exact) mass is 444 g/mol. The molecule has 0 radical (unpaired) electrons. The van der Waals surface area contributed by atoms with Crippen LogP contribution in [0, 0.1) is 5.82 Å². The highest BCUT2D eigenvalue weighted by atomic mass is 19.1. The summed E-state index contributed by atoms with van der Waals surface area (Å²) in [5.41, 5.74) is 2.63. The van der Waals surface area contributed by atoms with Gasteiger partial charge in [0.2, 0.25) is 0 Å². The first-order valence-electron chi connectivity index (χ1n) is 10.8. The van der Waals surface area contributed by atoms with Gasteiger partial charge in [-0.3, -0.25) is 4.99 Å². The highest BCUT2D eigenvalue weighted by Crippen LogP contribution is 2.30. The van der Waals surface area contributed by atoms with Crippen LogP contribution in [0.4, 0.5) is 10.1 Å². The number of ether oxygens (including phenoxy) is 3. The highest BCUT2D eigenvalue weighted by Gasteiger charge is 2.21. The minimum Gasteiger partial charge on any atom is -0.497 e. The van der Waals surface area contributed by atoms with E-state index in [0.717, 1.165) is 54.6 Å². The Morgan fingerprint density at radius 1 is 1.06 bits per heavy atom. The van der Waals surface area contributed by atoms with Gasteiger partial charge in [0.15, 0.2) is 5.96 Å². The zero-order chi connectivity index (χ0) is 22.9. The molecule has 8 heteroatoms. The average molecular weight is 445 g/mol. The molecule has 174 valence electrons. The van der Waals surface area contributed by atoms with Crippen LogP contribution in [0.25, 0.3) is 0 Å². The average Bonchev–Trinajstić information content (AvgIpc) is 2.83. The van der Waals surface area contributed by atoms with E-state index in [1.54, 1.807) is 34.4 Å². The van der Waals surface area contributed by atoms with Crippen LogP contribution in [-0.2, 0) is 17.9 Å². The summed E-state index contributed by atoms with van der Waals surface area (Å²) in [5, 5.41) is 6.83. The first kappa shape index (κ1) is 23.7. The minimum absolute atomic E-state index is 0.251. The molecule has 32 heavy (non-hydrogen) atoms. The fourth-order valence-corrected chi connectivity index (χ4v) is 3.83. The molecule has 1 heterocycles. The zero-order valence-electron chi connectivity index (χ0n) is 19.3. The van der Waals surface area contributed by atoms with Crippen molar-refractivity contribution in [3.63, 3.8) is 0 Å². The van der Waals surface area contributed by atoms with Gasteiger partial charge in [0, 0.05) is 69.3 Å². The lowest BCUT2D eigenvalue weighted by Crippen LogP contribution is -2.48. The lowest BCUT2D eigenvalue weighted by Gasteiger charge is -2.34. The van der Waals surface area contributed by atoms with Crippen molar-refractivity contribution in [1.82, 2.24) is 10.6 Å². The number of rotatable bonds is 8. The Morgan fingerprint density at radius 3 is 2.34 bits per heavy atom. The van der Waals surface area contributed by atoms with Gasteiger partial charge < -0.3 is 29.7 Å². The molecule has 2 aromatic rings. The Morgan fingerprint density at radius 2 is 1.75 bits per heavy atom. The largest absolute Gasteiger partial charge is 0.497 e. The van der Waals surface area contributed by atoms with Crippen LogP contribution in [0.5, 0.6) is 11.5 Å². The van der Waals surface area contributed by atoms with E-state index in [0.29, 0.717) is 18.2 Å². The number of piperidine rings is 1. The number of guanidine groups is 1. The molecule has 3 rings (SSSR count). The van der Waals surface area contributed by atoms with Gasteiger partial charge in [-0.05, 0) is 30.5 Å². The summed E-state index contributed by atoms with van der Waals surface area (Å²) in [4.78, 5) is 6.69. The number of nitrogens with one attached hydrogen (secondary N) is 2. The normalized spacial score (nSPS) is 14.9. The number of anilines is 1. The zero-order valence-corrected chi connectivity index (χ0v) is 19.3. The number of nitrogens with zero attached hydrogens (tertiary/aromatic N) is 2. The van der Waals surface area contributed by atoms with Gasteiger partial charge in [0.05, 0.1) is 20.8 Å². The van der Waals surface area contributed by atoms with Crippen molar-refractivity contribution in [2.24, 2.45) is 4.99 Å². The SMILES string of the molecule is CN=C(NCc1ccc(F)c(COC)c1)NC1CCN(c2cc(OC)cc(OC)c2)CC1. The highest BCUT2D eigenvalue weighted by molar-refractivity contribution is 5.80. The summed E-state index contributed by atoms with van der Waals surface area (Å²) >= 11 is 0. The Kier molecular flexibility index (Phi) is 8.56. The second-order valence-electron chi connectivity index (χ2n) is 7.76. The molecule has 0 bridgehead atoms. The molecule has 0 aliphatic carbocycles. The van der Waals surface area contributed by atoms with Gasteiger partial charge >= 0.3 is 0 Å². The van der Waals surface area contributed by atoms with E-state index in [1.165, 1.54) is 6.07 Å². The van der Waals surface area contributed by atoms with Crippen LogP contribution < -0.4 is 25.0 Å². The molecular formula is C24H33FN4O3. The first-order valence-corrected chi connectivity index (χ1v) is 10.8. The van der Waals surface area contributed by atoms with Crippen LogP contribution in [0.1, 0.15) is 24.0 Å². The molecule has 1 fully saturated rings. The lowest BCUT2D eigenvalue weighted by atomic mass is 10.0. The van der Waals surface area contributed by atoms with Crippen LogP contribution >= 0.6 is 0 Å². The van der Waals surface area contributed by atoms with Crippen molar-refractivity contribution in [2.75, 3.05) is 46.4 Å². The predicted molar refractivity (Wildman–Crippen MR) is 125 cm³/mol. The summed E-state index contributed by atoms with van der Waals surface area (Å²) in [6.45, 7) is 2.65. The van der Waals surface area contributed by atoms with Crippen molar-refractivity contribution in [2.45, 2.75) is 32.0 Å². The van der Waals surface area contributed by atoms with E-state index >= 15 is 0 Å². The molecule has 0 atom stereocenters. The van der Waals surface area contributed by atoms with Crippen LogP contribution in [0.15, 0.2) is 41.4 Å². The van der Waals surface area contributed by atoms with Gasteiger partial charge in [0.1, 0.15) is 17.3 Å². The summed E-state index contributed by atoms with van der Waals surface area (Å²) < 4.78 is 29.7. The first-order chi connectivity index (χ1) is 15.6. The third kappa shape index (κ3) is 6.26. The third-order valence-corrected chi connectivity index (χ3v) is 5.63. The van der Waals surface area contributed by atoms with E-state index in [1.807, 2.05) is 24.3 Å². The summed E-state index contributed by atoms with van der Waals surface area (Å²) in [6, 6.07) is 11.4. The number of benzene rings is 2. The smallest absolute Gasteiger partial charge is 0.191 e. The fraction of sp³-hybridized carbons (Fsp3) is 0.458. The molecule has 2 N–H and O–H groups in total. The summed E-state index contributed by atoms with van der Waals surface area (Å²) in [7, 11) is 6.65. The van der Waals surface area contributed by atoms with Crippen LogP contribution in [0.2, 0.25) is 0 Å². The standard InChI is InChI=1S/C24H33FN4O3/c1-26-24(27-15-17-5-6-23(25)18(11-17)16-30-2)28-19-7-9-29(10-8-19)20-12-21(31-3)14-22(13-20)32-4/h5-6,11-14,19H,7-10,15-16H2,1-4H3,(H2,26,27,28). The molecule has 1 saturated heterocycles. The lowest BCUT2D eigenvalue weighted by molar-refractivity contribution is 0.181. The number of methoxy groups -OCH3 is 3. The molecule has 0 amide bonds. The molecule has 0 unspecified atom stereocenters. The summed E-state index contributed by atoms with van der Waals surface area (Å²) in [6.07, 6.45) is 1.96. The van der Waals surface area contributed by atoms with Gasteiger partial charge in [-0.1, -0.05) is 6.07 Å². The maximum absolute atomic E-state index is 13.8. The third-order valence-electron chi connectivity index (χ3n) is 5.63. The van der Waals surface area contributed by atoms with E-state index in [4.69, 9.17) is 14.2 Å². The van der Waals surface area contributed by atoms with Crippen molar-refractivity contribution in [1.29, 1.82) is 0 Å². The quantitative estimate of drug-likeness (QED) is 0.481. The number of hydrogen-bond acceptors (Lipinski definition) is 5. The maximum Gasteiger partial charge on any atom is 0.191 e. The Bertz CT molecular complexity index is 892. The van der Waals surface area contributed by atoms with Crippen molar-refractivity contribution in [3.8, 4) is 11.5 Å². The molecule has 2 aromatic carbocycles. The molecule has 1 aliphatic heterocycles. The van der Waals surface area contributed by atoms with Gasteiger partial charge in [0.25, 0.3) is 0 Å². The predicted octanol–water partition coefficient (Wildman–Crippen LogP) is 3.32. The van der Waals surface area contributed by atoms with Crippen molar-refractivity contribution >= 4 is 11.6 Å².